The summed E-state index contributed by atoms with van der Waals surface area (Å²) in [7, 11) is 0. The Hall–Kier alpha value is -4.86. The minimum absolute atomic E-state index is 0.0642. The third-order valence-electron chi connectivity index (χ3n) is 4.48. The lowest BCUT2D eigenvalue weighted by molar-refractivity contribution is -0.384. The molecule has 0 aliphatic heterocycles. The predicted octanol–water partition coefficient (Wildman–Crippen LogP) is 3.34. The third kappa shape index (κ3) is 4.65. The number of nitro groups is 1. The third-order valence-corrected chi connectivity index (χ3v) is 4.48. The van der Waals surface area contributed by atoms with Crippen molar-refractivity contribution < 1.29 is 9.72 Å². The number of benzene rings is 3. The lowest BCUT2D eigenvalue weighted by Gasteiger charge is -2.07. The maximum atomic E-state index is 12.3. The van der Waals surface area contributed by atoms with Gasteiger partial charge in [-0.1, -0.05) is 24.3 Å². The first-order valence-electron chi connectivity index (χ1n) is 9.43. The van der Waals surface area contributed by atoms with E-state index in [-0.39, 0.29) is 17.2 Å². The molecule has 4 aromatic rings. The van der Waals surface area contributed by atoms with Gasteiger partial charge in [-0.05, 0) is 36.4 Å². The molecule has 0 atom stereocenters. The molecular weight excluding hydrogens is 412 g/mol. The number of rotatable bonds is 6. The van der Waals surface area contributed by atoms with Gasteiger partial charge >= 0.3 is 0 Å². The highest BCUT2D eigenvalue weighted by Gasteiger charge is 2.07. The number of carbonyl (C=O) groups is 1. The second-order valence-corrected chi connectivity index (χ2v) is 6.69. The average molecular weight is 428 g/mol. The van der Waals surface area contributed by atoms with Crippen molar-refractivity contribution in [2.75, 3.05) is 5.32 Å². The summed E-state index contributed by atoms with van der Waals surface area (Å²) in [5.41, 5.74) is 4.08. The van der Waals surface area contributed by atoms with E-state index < -0.39 is 10.8 Å². The van der Waals surface area contributed by atoms with Crippen molar-refractivity contribution in [2.24, 2.45) is 5.10 Å². The van der Waals surface area contributed by atoms with E-state index in [0.29, 0.717) is 27.7 Å². The van der Waals surface area contributed by atoms with E-state index >= 15 is 0 Å². The molecule has 3 N–H and O–H groups in total. The standard InChI is InChI=1S/C22H16N6O4/c29-20(27-23-13-14-4-3-5-17(12-14)28(31)32)15-8-10-16(11-9-15)24-22-25-19-7-2-1-6-18(19)21(30)26-22/h1-13H,(H,27,29)(H2,24,25,26,30)/b23-13-. The van der Waals surface area contributed by atoms with Gasteiger partial charge in [0.15, 0.2) is 0 Å². The number of H-pyrrole nitrogens is 1. The normalized spacial score (nSPS) is 10.9. The van der Waals surface area contributed by atoms with Gasteiger partial charge in [0.1, 0.15) is 0 Å². The summed E-state index contributed by atoms with van der Waals surface area (Å²) in [4.78, 5) is 41.7. The number of para-hydroxylation sites is 1. The number of hydrogen-bond donors (Lipinski definition) is 3. The van der Waals surface area contributed by atoms with Gasteiger partial charge in [-0.15, -0.1) is 0 Å². The van der Waals surface area contributed by atoms with Crippen LogP contribution >= 0.6 is 0 Å². The van der Waals surface area contributed by atoms with Gasteiger partial charge in [0.2, 0.25) is 5.95 Å². The van der Waals surface area contributed by atoms with E-state index in [9.17, 15) is 19.7 Å². The Morgan fingerprint density at radius 1 is 1.06 bits per heavy atom. The summed E-state index contributed by atoms with van der Waals surface area (Å²) in [5, 5.41) is 18.1. The summed E-state index contributed by atoms with van der Waals surface area (Å²) in [6, 6.07) is 19.4. The maximum Gasteiger partial charge on any atom is 0.271 e. The van der Waals surface area contributed by atoms with Gasteiger partial charge in [-0.25, -0.2) is 10.4 Å². The summed E-state index contributed by atoms with van der Waals surface area (Å²) >= 11 is 0. The van der Waals surface area contributed by atoms with Crippen molar-refractivity contribution >= 4 is 40.3 Å². The maximum absolute atomic E-state index is 12.3. The molecule has 0 bridgehead atoms. The lowest BCUT2D eigenvalue weighted by atomic mass is 10.2. The van der Waals surface area contributed by atoms with E-state index in [1.54, 1.807) is 54.6 Å². The predicted molar refractivity (Wildman–Crippen MR) is 120 cm³/mol. The van der Waals surface area contributed by atoms with E-state index in [1.807, 2.05) is 0 Å². The first-order valence-corrected chi connectivity index (χ1v) is 9.43. The zero-order valence-electron chi connectivity index (χ0n) is 16.5. The molecule has 0 spiro atoms. The van der Waals surface area contributed by atoms with Crippen LogP contribution in [0.4, 0.5) is 17.3 Å². The fourth-order valence-electron chi connectivity index (χ4n) is 2.94. The molecule has 10 nitrogen and oxygen atoms in total. The number of nitrogens with one attached hydrogen (secondary N) is 3. The number of carbonyl (C=O) groups excluding carboxylic acids is 1. The molecule has 0 saturated carbocycles. The SMILES string of the molecule is O=C(N/N=C\c1cccc([N+](=O)[O-])c1)c1ccc(Nc2nc3ccccc3c(=O)[nH]2)cc1. The second-order valence-electron chi connectivity index (χ2n) is 6.69. The van der Waals surface area contributed by atoms with E-state index in [4.69, 9.17) is 0 Å². The molecule has 0 unspecified atom stereocenters. The van der Waals surface area contributed by atoms with Crippen molar-refractivity contribution in [3.05, 3.63) is 104 Å². The Bertz CT molecular complexity index is 1400. The molecule has 158 valence electrons. The van der Waals surface area contributed by atoms with Gasteiger partial charge in [0, 0.05) is 28.9 Å². The van der Waals surface area contributed by atoms with Gasteiger partial charge < -0.3 is 5.32 Å². The van der Waals surface area contributed by atoms with Crippen molar-refractivity contribution in [1.29, 1.82) is 0 Å². The van der Waals surface area contributed by atoms with Crippen LogP contribution in [0, 0.1) is 10.1 Å². The first kappa shape index (κ1) is 20.4. The first-order chi connectivity index (χ1) is 15.5. The number of aromatic nitrogens is 2. The van der Waals surface area contributed by atoms with Crippen LogP contribution in [0.1, 0.15) is 15.9 Å². The second kappa shape index (κ2) is 8.88. The fourth-order valence-corrected chi connectivity index (χ4v) is 2.94. The zero-order chi connectivity index (χ0) is 22.5. The number of nitrogens with zero attached hydrogens (tertiary/aromatic N) is 3. The Morgan fingerprint density at radius 2 is 1.84 bits per heavy atom. The number of anilines is 2. The van der Waals surface area contributed by atoms with Gasteiger partial charge in [-0.3, -0.25) is 24.7 Å². The molecule has 0 radical (unpaired) electrons. The summed E-state index contributed by atoms with van der Waals surface area (Å²) < 4.78 is 0. The minimum Gasteiger partial charge on any atom is -0.326 e. The lowest BCUT2D eigenvalue weighted by Crippen LogP contribution is -2.17. The number of hydrazone groups is 1. The molecule has 0 aliphatic rings. The van der Waals surface area contributed by atoms with Crippen LogP contribution in [0.2, 0.25) is 0 Å². The van der Waals surface area contributed by atoms with Crippen molar-refractivity contribution in [1.82, 2.24) is 15.4 Å². The van der Waals surface area contributed by atoms with Crippen LogP contribution in [-0.4, -0.2) is 27.0 Å². The summed E-state index contributed by atoms with van der Waals surface area (Å²) in [6.07, 6.45) is 1.32. The Balaban J connectivity index is 1.41. The topological polar surface area (TPSA) is 142 Å². The monoisotopic (exact) mass is 428 g/mol. The molecule has 1 aromatic heterocycles. The number of non-ortho nitro benzene ring substituents is 1. The number of nitro benzene ring substituents is 1. The minimum atomic E-state index is -0.505. The largest absolute Gasteiger partial charge is 0.326 e. The molecular formula is C22H16N6O4. The molecule has 1 heterocycles. The molecule has 1 amide bonds. The van der Waals surface area contributed by atoms with E-state index in [2.05, 4.69) is 25.8 Å². The summed E-state index contributed by atoms with van der Waals surface area (Å²) in [5.74, 6) is -0.164. The van der Waals surface area contributed by atoms with Gasteiger partial charge in [0.05, 0.1) is 22.0 Å². The van der Waals surface area contributed by atoms with Crippen LogP contribution < -0.4 is 16.3 Å². The van der Waals surface area contributed by atoms with Crippen LogP contribution in [0.15, 0.2) is 82.7 Å². The van der Waals surface area contributed by atoms with Crippen LogP contribution in [0.25, 0.3) is 10.9 Å². The Labute approximate surface area is 180 Å². The highest BCUT2D eigenvalue weighted by Crippen LogP contribution is 2.15. The quantitative estimate of drug-likeness (QED) is 0.244. The van der Waals surface area contributed by atoms with Crippen molar-refractivity contribution in [3.8, 4) is 0 Å². The van der Waals surface area contributed by atoms with Crippen molar-refractivity contribution in [3.63, 3.8) is 0 Å². The van der Waals surface area contributed by atoms with Crippen LogP contribution in [0.5, 0.6) is 0 Å². The molecule has 0 saturated heterocycles. The Morgan fingerprint density at radius 3 is 2.62 bits per heavy atom. The van der Waals surface area contributed by atoms with Crippen LogP contribution in [0.3, 0.4) is 0 Å². The number of hydrogen-bond acceptors (Lipinski definition) is 7. The number of fused-ring (bicyclic) bond motifs is 1. The van der Waals surface area contributed by atoms with Gasteiger partial charge in [-0.2, -0.15) is 5.10 Å². The summed E-state index contributed by atoms with van der Waals surface area (Å²) in [6.45, 7) is 0. The molecule has 4 rings (SSSR count). The van der Waals surface area contributed by atoms with Crippen molar-refractivity contribution in [2.45, 2.75) is 0 Å². The molecule has 3 aromatic carbocycles. The zero-order valence-corrected chi connectivity index (χ0v) is 16.5. The molecule has 32 heavy (non-hydrogen) atoms. The van der Waals surface area contributed by atoms with Gasteiger partial charge in [0.25, 0.3) is 17.2 Å². The smallest absolute Gasteiger partial charge is 0.271 e. The van der Waals surface area contributed by atoms with E-state index in [1.165, 1.54) is 24.4 Å². The highest BCUT2D eigenvalue weighted by atomic mass is 16.6. The average Bonchev–Trinajstić information content (AvgIpc) is 2.80. The highest BCUT2D eigenvalue weighted by molar-refractivity contribution is 5.95. The number of amides is 1. The Kier molecular flexibility index (Phi) is 5.66. The molecule has 0 fully saturated rings. The molecule has 10 heteroatoms. The fraction of sp³-hybridized carbons (Fsp3) is 0. The number of aromatic amines is 1. The molecule has 0 aliphatic carbocycles. The van der Waals surface area contributed by atoms with E-state index in [0.717, 1.165) is 0 Å². The van der Waals surface area contributed by atoms with Crippen LogP contribution in [-0.2, 0) is 0 Å².